The molecule has 2 unspecified atom stereocenters. The van der Waals surface area contributed by atoms with Crippen LogP contribution in [0.5, 0.6) is 0 Å². The van der Waals surface area contributed by atoms with Crippen LogP contribution in [0.3, 0.4) is 0 Å². The molecule has 51 heavy (non-hydrogen) atoms. The third-order valence-corrected chi connectivity index (χ3v) is 10.1. The molecule has 4 nitrogen and oxygen atoms in total. The van der Waals surface area contributed by atoms with E-state index in [2.05, 4.69) is 180 Å². The quantitative estimate of drug-likeness (QED) is 0.194. The summed E-state index contributed by atoms with van der Waals surface area (Å²) in [6, 6.07) is 62.3. The second-order valence-corrected chi connectivity index (χ2v) is 13.3. The number of hydrogen-bond donors (Lipinski definition) is 2. The van der Waals surface area contributed by atoms with Crippen molar-refractivity contribution in [3.05, 3.63) is 193 Å². The van der Waals surface area contributed by atoms with Crippen LogP contribution in [-0.4, -0.2) is 5.84 Å². The summed E-state index contributed by atoms with van der Waals surface area (Å²) in [5.41, 5.74) is 9.68. The predicted molar refractivity (Wildman–Crippen MR) is 211 cm³/mol. The number of amidine groups is 1. The molecule has 2 heterocycles. The van der Waals surface area contributed by atoms with Crippen molar-refractivity contribution in [2.24, 2.45) is 4.99 Å². The lowest BCUT2D eigenvalue weighted by Crippen LogP contribution is -2.44. The van der Waals surface area contributed by atoms with Crippen molar-refractivity contribution in [3.63, 3.8) is 0 Å². The molecule has 8 aromatic carbocycles. The highest BCUT2D eigenvalue weighted by Gasteiger charge is 2.26. The summed E-state index contributed by atoms with van der Waals surface area (Å²) >= 11 is 0. The van der Waals surface area contributed by atoms with Gasteiger partial charge in [-0.05, 0) is 91.3 Å². The van der Waals surface area contributed by atoms with E-state index in [9.17, 15) is 0 Å². The van der Waals surface area contributed by atoms with Gasteiger partial charge in [0, 0.05) is 16.3 Å². The highest BCUT2D eigenvalue weighted by Crippen LogP contribution is 2.39. The van der Waals surface area contributed by atoms with E-state index < -0.39 is 0 Å². The summed E-state index contributed by atoms with van der Waals surface area (Å²) in [6.07, 6.45) is -0.375. The number of benzene rings is 8. The van der Waals surface area contributed by atoms with Gasteiger partial charge in [-0.2, -0.15) is 0 Å². The number of hydrogen-bond acceptors (Lipinski definition) is 4. The average Bonchev–Trinajstić information content (AvgIpc) is 3.59. The van der Waals surface area contributed by atoms with Gasteiger partial charge in [0.15, 0.2) is 0 Å². The van der Waals surface area contributed by atoms with Gasteiger partial charge >= 0.3 is 0 Å². The minimum atomic E-state index is -0.208. The third kappa shape index (κ3) is 5.34. The predicted octanol–water partition coefficient (Wildman–Crippen LogP) is 11.6. The van der Waals surface area contributed by atoms with E-state index in [0.29, 0.717) is 0 Å². The second-order valence-electron chi connectivity index (χ2n) is 13.3. The van der Waals surface area contributed by atoms with Crippen LogP contribution >= 0.6 is 0 Å². The Morgan fingerprint density at radius 2 is 1.10 bits per heavy atom. The molecule has 0 bridgehead atoms. The molecule has 0 saturated carbocycles. The molecule has 0 spiro atoms. The van der Waals surface area contributed by atoms with Gasteiger partial charge in [0.05, 0.1) is 0 Å². The van der Waals surface area contributed by atoms with E-state index in [1.807, 2.05) is 6.07 Å². The van der Waals surface area contributed by atoms with E-state index in [0.717, 1.165) is 61.2 Å². The first-order valence-electron chi connectivity index (χ1n) is 17.4. The third-order valence-electron chi connectivity index (χ3n) is 10.1. The highest BCUT2D eigenvalue weighted by atomic mass is 16.3. The largest absolute Gasteiger partial charge is 0.456 e. The van der Waals surface area contributed by atoms with E-state index in [-0.39, 0.29) is 12.3 Å². The van der Waals surface area contributed by atoms with Gasteiger partial charge in [0.25, 0.3) is 0 Å². The number of rotatable bonds is 5. The molecule has 2 atom stereocenters. The molecule has 1 aromatic heterocycles. The van der Waals surface area contributed by atoms with Crippen LogP contribution < -0.4 is 10.6 Å². The lowest BCUT2D eigenvalue weighted by Gasteiger charge is -2.32. The maximum absolute atomic E-state index is 6.53. The molecule has 0 radical (unpaired) electrons. The van der Waals surface area contributed by atoms with E-state index in [4.69, 9.17) is 9.41 Å². The molecule has 0 saturated heterocycles. The van der Waals surface area contributed by atoms with Gasteiger partial charge in [-0.3, -0.25) is 5.32 Å². The average molecular weight is 656 g/mol. The summed E-state index contributed by atoms with van der Waals surface area (Å²) in [5, 5.41) is 14.6. The van der Waals surface area contributed by atoms with E-state index >= 15 is 0 Å². The first kappa shape index (κ1) is 29.4. The summed E-state index contributed by atoms with van der Waals surface area (Å²) in [5.74, 6) is 0.869. The maximum atomic E-state index is 6.53. The standard InChI is InChI=1S/C47H33N3O/c1-2-12-32(13-3-1)45-48-46(50-47(49-45)39-23-21-31-11-5-7-15-34(31)27-39)38-17-8-16-37(28-38)40-18-9-19-42-44(40)41-25-24-36(29-43(41)51-42)35-22-20-30-10-4-6-14-33(30)26-35/h1-29,45-46,48H,(H,49,50). The molecule has 10 rings (SSSR count). The number of furan rings is 1. The first-order valence-corrected chi connectivity index (χ1v) is 17.4. The molecule has 2 N–H and O–H groups in total. The van der Waals surface area contributed by atoms with Crippen molar-refractivity contribution < 1.29 is 4.42 Å². The topological polar surface area (TPSA) is 49.6 Å². The Kier molecular flexibility index (Phi) is 7.00. The van der Waals surface area contributed by atoms with Crippen LogP contribution in [0.15, 0.2) is 185 Å². The number of fused-ring (bicyclic) bond motifs is 5. The fourth-order valence-corrected chi connectivity index (χ4v) is 7.52. The fourth-order valence-electron chi connectivity index (χ4n) is 7.52. The summed E-state index contributed by atoms with van der Waals surface area (Å²) in [6.45, 7) is 0. The monoisotopic (exact) mass is 655 g/mol. The van der Waals surface area contributed by atoms with E-state index in [1.54, 1.807) is 0 Å². The van der Waals surface area contributed by atoms with Gasteiger partial charge in [-0.25, -0.2) is 4.99 Å². The smallest absolute Gasteiger partial charge is 0.136 e. The van der Waals surface area contributed by atoms with Crippen LogP contribution in [0.1, 0.15) is 29.0 Å². The molecule has 242 valence electrons. The fraction of sp³-hybridized carbons (Fsp3) is 0.0426. The molecular formula is C47H33N3O. The normalized spacial score (nSPS) is 16.0. The zero-order valence-corrected chi connectivity index (χ0v) is 27.8. The molecule has 1 aliphatic heterocycles. The molecule has 0 amide bonds. The Bertz CT molecular complexity index is 2780. The van der Waals surface area contributed by atoms with E-state index in [1.165, 1.54) is 27.1 Å². The number of nitrogens with one attached hydrogen (secondary N) is 2. The van der Waals surface area contributed by atoms with Crippen LogP contribution in [-0.2, 0) is 0 Å². The minimum Gasteiger partial charge on any atom is -0.456 e. The minimum absolute atomic E-state index is 0.168. The Hall–Kier alpha value is -6.49. The van der Waals surface area contributed by atoms with Crippen molar-refractivity contribution in [1.29, 1.82) is 0 Å². The summed E-state index contributed by atoms with van der Waals surface area (Å²) in [7, 11) is 0. The zero-order valence-electron chi connectivity index (χ0n) is 27.8. The highest BCUT2D eigenvalue weighted by molar-refractivity contribution is 6.13. The number of nitrogens with zero attached hydrogens (tertiary/aromatic N) is 1. The van der Waals surface area contributed by atoms with Crippen molar-refractivity contribution in [3.8, 4) is 22.3 Å². The van der Waals surface area contributed by atoms with Crippen LogP contribution in [0.4, 0.5) is 0 Å². The number of aliphatic imine (C=N–C) groups is 1. The Labute approximate surface area is 295 Å². The van der Waals surface area contributed by atoms with Crippen molar-refractivity contribution in [1.82, 2.24) is 10.6 Å². The van der Waals surface area contributed by atoms with Gasteiger partial charge < -0.3 is 9.73 Å². The lowest BCUT2D eigenvalue weighted by molar-refractivity contribution is 0.409. The Morgan fingerprint density at radius 3 is 1.90 bits per heavy atom. The van der Waals surface area contributed by atoms with Gasteiger partial charge in [0.1, 0.15) is 29.3 Å². The van der Waals surface area contributed by atoms with Crippen LogP contribution in [0.25, 0.3) is 65.7 Å². The maximum Gasteiger partial charge on any atom is 0.136 e. The lowest BCUT2D eigenvalue weighted by atomic mass is 9.96. The Balaban J connectivity index is 1.03. The molecule has 0 fully saturated rings. The summed E-state index contributed by atoms with van der Waals surface area (Å²) in [4.78, 5) is 5.18. The van der Waals surface area contributed by atoms with Gasteiger partial charge in [0.2, 0.25) is 0 Å². The van der Waals surface area contributed by atoms with Gasteiger partial charge in [-0.1, -0.05) is 140 Å². The molecule has 4 heteroatoms. The van der Waals surface area contributed by atoms with Gasteiger partial charge in [-0.15, -0.1) is 0 Å². The molecule has 1 aliphatic rings. The molecule has 0 aliphatic carbocycles. The van der Waals surface area contributed by atoms with Crippen LogP contribution in [0.2, 0.25) is 0 Å². The molecular weight excluding hydrogens is 623 g/mol. The van der Waals surface area contributed by atoms with Crippen molar-refractivity contribution in [2.45, 2.75) is 12.3 Å². The van der Waals surface area contributed by atoms with Crippen molar-refractivity contribution >= 4 is 49.3 Å². The zero-order chi connectivity index (χ0) is 33.7. The SMILES string of the molecule is c1ccc(C2N=C(c3ccc4ccccc4c3)NC(c3cccc(-c4cccc5oc6cc(-c7ccc8ccccc8c7)ccc6c45)c3)N2)cc1. The summed E-state index contributed by atoms with van der Waals surface area (Å²) < 4.78 is 6.53. The second kappa shape index (κ2) is 12.1. The Morgan fingerprint density at radius 1 is 0.451 bits per heavy atom. The van der Waals surface area contributed by atoms with Crippen LogP contribution in [0, 0.1) is 0 Å². The first-order chi connectivity index (χ1) is 25.2. The van der Waals surface area contributed by atoms with Crippen molar-refractivity contribution in [2.75, 3.05) is 0 Å². The molecule has 9 aromatic rings.